The summed E-state index contributed by atoms with van der Waals surface area (Å²) in [6.07, 6.45) is 8.19. The van der Waals surface area contributed by atoms with Gasteiger partial charge in [-0.2, -0.15) is 0 Å². The Kier molecular flexibility index (Phi) is 11.3. The fourth-order valence-corrected chi connectivity index (χ4v) is 5.41. The van der Waals surface area contributed by atoms with Gasteiger partial charge >= 0.3 is 0 Å². The predicted molar refractivity (Wildman–Crippen MR) is 142 cm³/mol. The van der Waals surface area contributed by atoms with Crippen LogP contribution in [0.15, 0.2) is 11.6 Å². The van der Waals surface area contributed by atoms with Crippen molar-refractivity contribution >= 4 is 17.7 Å². The normalized spacial score (nSPS) is 21.9. The van der Waals surface area contributed by atoms with Crippen LogP contribution in [0.2, 0.25) is 0 Å². The minimum Gasteiger partial charge on any atom is -0.343 e. The third kappa shape index (κ3) is 7.80. The van der Waals surface area contributed by atoms with Gasteiger partial charge in [0.05, 0.1) is 12.1 Å². The number of likely N-dealkylation sites (tertiary alicyclic amines) is 2. The van der Waals surface area contributed by atoms with Gasteiger partial charge in [-0.3, -0.25) is 19.3 Å². The smallest absolute Gasteiger partial charge is 0.249 e. The fourth-order valence-electron chi connectivity index (χ4n) is 5.41. The van der Waals surface area contributed by atoms with Crippen molar-refractivity contribution in [2.75, 3.05) is 26.7 Å². The van der Waals surface area contributed by atoms with E-state index >= 15 is 0 Å². The Morgan fingerprint density at radius 3 is 2.03 bits per heavy atom. The molecule has 35 heavy (non-hydrogen) atoms. The van der Waals surface area contributed by atoms with Crippen molar-refractivity contribution in [3.05, 3.63) is 11.6 Å². The van der Waals surface area contributed by atoms with Crippen LogP contribution in [0, 0.1) is 11.8 Å². The highest BCUT2D eigenvalue weighted by atomic mass is 16.2. The number of likely N-dealkylation sites (N-methyl/N-ethyl adjacent to an activating group) is 1. The van der Waals surface area contributed by atoms with Crippen LogP contribution < -0.4 is 5.32 Å². The zero-order valence-electron chi connectivity index (χ0n) is 23.5. The molecule has 0 aromatic heterocycles. The van der Waals surface area contributed by atoms with Crippen molar-refractivity contribution in [1.82, 2.24) is 20.0 Å². The summed E-state index contributed by atoms with van der Waals surface area (Å²) in [7, 11) is 1.80. The summed E-state index contributed by atoms with van der Waals surface area (Å²) >= 11 is 0. The molecule has 0 radical (unpaired) electrons. The molecule has 2 fully saturated rings. The lowest BCUT2D eigenvalue weighted by Crippen LogP contribution is -2.58. The Morgan fingerprint density at radius 1 is 0.886 bits per heavy atom. The van der Waals surface area contributed by atoms with Crippen LogP contribution in [0.5, 0.6) is 0 Å². The standard InChI is InChI=1S/C28H50N4O3/c1-19(2)24(18-22(7)27(34)31-15-11-9-12-16-31)30(8)28(35)25(20(3)4)29-26(33)23-14-10-13-17-32(23)21(5)6/h18-21,23-25H,9-17H2,1-8H3,(H,29,33)/b22-18+. The highest BCUT2D eigenvalue weighted by molar-refractivity contribution is 5.93. The van der Waals surface area contributed by atoms with E-state index in [1.165, 1.54) is 6.42 Å². The molecule has 7 nitrogen and oxygen atoms in total. The van der Waals surface area contributed by atoms with Crippen LogP contribution >= 0.6 is 0 Å². The minimum atomic E-state index is -0.601. The van der Waals surface area contributed by atoms with Gasteiger partial charge < -0.3 is 15.1 Å². The summed E-state index contributed by atoms with van der Waals surface area (Å²) in [6.45, 7) is 16.7. The highest BCUT2D eigenvalue weighted by Crippen LogP contribution is 2.22. The molecule has 0 saturated carbocycles. The van der Waals surface area contributed by atoms with Gasteiger partial charge in [0.25, 0.3) is 0 Å². The second-order valence-corrected chi connectivity index (χ2v) is 11.5. The molecule has 0 aromatic carbocycles. The topological polar surface area (TPSA) is 73.0 Å². The van der Waals surface area contributed by atoms with E-state index in [0.29, 0.717) is 5.57 Å². The first-order chi connectivity index (χ1) is 16.5. The number of rotatable bonds is 9. The van der Waals surface area contributed by atoms with Crippen molar-refractivity contribution in [3.8, 4) is 0 Å². The number of hydrogen-bond acceptors (Lipinski definition) is 4. The summed E-state index contributed by atoms with van der Waals surface area (Å²) in [5.41, 5.74) is 0.685. The van der Waals surface area contributed by atoms with E-state index in [-0.39, 0.29) is 47.7 Å². The molecule has 2 rings (SSSR count). The number of hydrogen-bond donors (Lipinski definition) is 1. The average molecular weight is 491 g/mol. The molecule has 0 bridgehead atoms. The van der Waals surface area contributed by atoms with Gasteiger partial charge in [0.1, 0.15) is 6.04 Å². The van der Waals surface area contributed by atoms with Crippen molar-refractivity contribution in [2.24, 2.45) is 11.8 Å². The van der Waals surface area contributed by atoms with Gasteiger partial charge in [0.15, 0.2) is 0 Å². The Labute approximate surface area is 213 Å². The molecule has 0 spiro atoms. The molecule has 3 unspecified atom stereocenters. The zero-order valence-corrected chi connectivity index (χ0v) is 23.5. The van der Waals surface area contributed by atoms with Crippen LogP contribution in [0.1, 0.15) is 87.0 Å². The quantitative estimate of drug-likeness (QED) is 0.499. The molecule has 3 atom stereocenters. The highest BCUT2D eigenvalue weighted by Gasteiger charge is 2.36. The van der Waals surface area contributed by atoms with Crippen LogP contribution in [0.25, 0.3) is 0 Å². The van der Waals surface area contributed by atoms with Gasteiger partial charge in [-0.15, -0.1) is 0 Å². The van der Waals surface area contributed by atoms with E-state index in [0.717, 1.165) is 51.7 Å². The van der Waals surface area contributed by atoms with E-state index < -0.39 is 6.04 Å². The van der Waals surface area contributed by atoms with Gasteiger partial charge in [-0.05, 0) is 71.3 Å². The number of carbonyl (C=O) groups excluding carboxylic acids is 3. The lowest BCUT2D eigenvalue weighted by molar-refractivity contribution is -0.140. The summed E-state index contributed by atoms with van der Waals surface area (Å²) in [5.74, 6) is 0.000526. The lowest BCUT2D eigenvalue weighted by Gasteiger charge is -2.39. The molecule has 0 aliphatic carbocycles. The number of nitrogens with zero attached hydrogens (tertiary/aromatic N) is 3. The second-order valence-electron chi connectivity index (χ2n) is 11.5. The molecule has 0 aromatic rings. The fraction of sp³-hybridized carbons (Fsp3) is 0.821. The minimum absolute atomic E-state index is 0.0436. The average Bonchev–Trinajstić information content (AvgIpc) is 2.84. The summed E-state index contributed by atoms with van der Waals surface area (Å²) in [6, 6.07) is -0.724. The van der Waals surface area contributed by atoms with Crippen LogP contribution in [0.4, 0.5) is 0 Å². The van der Waals surface area contributed by atoms with E-state index in [1.807, 2.05) is 31.7 Å². The molecule has 1 N–H and O–H groups in total. The summed E-state index contributed by atoms with van der Waals surface area (Å²) < 4.78 is 0. The SMILES string of the molecule is C/C(=C\C(C(C)C)N(C)C(=O)C(NC(=O)C1CCCCN1C(C)C)C(C)C)C(=O)N1CCCCC1. The molecule has 200 valence electrons. The molecule has 2 aliphatic heterocycles. The van der Waals surface area contributed by atoms with Crippen LogP contribution in [-0.4, -0.2) is 83.3 Å². The van der Waals surface area contributed by atoms with Gasteiger partial charge in [0, 0.05) is 31.8 Å². The van der Waals surface area contributed by atoms with Crippen LogP contribution in [0.3, 0.4) is 0 Å². The van der Waals surface area contributed by atoms with Gasteiger partial charge in [-0.25, -0.2) is 0 Å². The molecular formula is C28H50N4O3. The van der Waals surface area contributed by atoms with Crippen molar-refractivity contribution < 1.29 is 14.4 Å². The number of nitrogens with one attached hydrogen (secondary N) is 1. The first-order valence-corrected chi connectivity index (χ1v) is 13.8. The van der Waals surface area contributed by atoms with E-state index in [1.54, 1.807) is 11.9 Å². The second kappa shape index (κ2) is 13.4. The molecule has 3 amide bonds. The van der Waals surface area contributed by atoms with Crippen molar-refractivity contribution in [2.45, 2.75) is 111 Å². The molecule has 2 saturated heterocycles. The Morgan fingerprint density at radius 2 is 1.49 bits per heavy atom. The summed E-state index contributed by atoms with van der Waals surface area (Å²) in [4.78, 5) is 45.9. The van der Waals surface area contributed by atoms with Gasteiger partial charge in [-0.1, -0.05) is 40.2 Å². The van der Waals surface area contributed by atoms with Crippen molar-refractivity contribution in [3.63, 3.8) is 0 Å². The third-order valence-electron chi connectivity index (χ3n) is 7.62. The molecular weight excluding hydrogens is 440 g/mol. The Bertz CT molecular complexity index is 755. The zero-order chi connectivity index (χ0) is 26.3. The predicted octanol–water partition coefficient (Wildman–Crippen LogP) is 3.83. The molecule has 7 heteroatoms. The number of piperidine rings is 2. The van der Waals surface area contributed by atoms with Crippen molar-refractivity contribution in [1.29, 1.82) is 0 Å². The van der Waals surface area contributed by atoms with E-state index in [9.17, 15) is 14.4 Å². The Hall–Kier alpha value is -1.89. The maximum absolute atomic E-state index is 13.7. The monoisotopic (exact) mass is 490 g/mol. The van der Waals surface area contributed by atoms with E-state index in [4.69, 9.17) is 0 Å². The largest absolute Gasteiger partial charge is 0.343 e. The third-order valence-corrected chi connectivity index (χ3v) is 7.62. The maximum Gasteiger partial charge on any atom is 0.249 e. The van der Waals surface area contributed by atoms with Gasteiger partial charge in [0.2, 0.25) is 17.7 Å². The molecule has 2 heterocycles. The number of carbonyl (C=O) groups is 3. The first kappa shape index (κ1) is 29.3. The van der Waals surface area contributed by atoms with Crippen LogP contribution in [-0.2, 0) is 14.4 Å². The first-order valence-electron chi connectivity index (χ1n) is 13.8. The number of amides is 3. The maximum atomic E-state index is 13.7. The summed E-state index contributed by atoms with van der Waals surface area (Å²) in [5, 5.41) is 3.11. The molecule has 2 aliphatic rings. The lowest BCUT2D eigenvalue weighted by atomic mass is 9.95. The Balaban J connectivity index is 2.17. The van der Waals surface area contributed by atoms with E-state index in [2.05, 4.69) is 37.9 Å².